The largest absolute Gasteiger partial charge is 0.494 e. The number of thiophene rings is 1. The Morgan fingerprint density at radius 2 is 2.20 bits per heavy atom. The number of carbonyl (C=O) groups excluding carboxylic acids is 1. The Morgan fingerprint density at radius 1 is 1.30 bits per heavy atom. The molecule has 0 N–H and O–H groups in total. The van der Waals surface area contributed by atoms with Gasteiger partial charge in [0.25, 0.3) is 0 Å². The summed E-state index contributed by atoms with van der Waals surface area (Å²) in [7, 11) is 0. The highest BCUT2D eigenvalue weighted by Crippen LogP contribution is 2.22. The minimum Gasteiger partial charge on any atom is -0.494 e. The van der Waals surface area contributed by atoms with Crippen LogP contribution in [0.1, 0.15) is 16.6 Å². The highest BCUT2D eigenvalue weighted by atomic mass is 32.1. The van der Waals surface area contributed by atoms with Gasteiger partial charge in [0.2, 0.25) is 0 Å². The first-order valence-corrected chi connectivity index (χ1v) is 7.44. The van der Waals surface area contributed by atoms with Crippen molar-refractivity contribution in [3.8, 4) is 5.75 Å². The van der Waals surface area contributed by atoms with Crippen LogP contribution in [0.2, 0.25) is 0 Å². The van der Waals surface area contributed by atoms with Gasteiger partial charge in [-0.25, -0.2) is 0 Å². The van der Waals surface area contributed by atoms with Crippen molar-refractivity contribution >= 4 is 28.0 Å². The van der Waals surface area contributed by atoms with E-state index >= 15 is 0 Å². The molecule has 0 aliphatic rings. The van der Waals surface area contributed by atoms with Crippen molar-refractivity contribution in [2.24, 2.45) is 0 Å². The first-order chi connectivity index (χ1) is 9.78. The number of hydrogen-bond donors (Lipinski definition) is 0. The van der Waals surface area contributed by atoms with Crippen LogP contribution in [-0.4, -0.2) is 17.0 Å². The molecule has 102 valence electrons. The average Bonchev–Trinajstić information content (AvgIpc) is 3.09. The molecule has 0 amide bonds. The molecule has 1 aromatic carbocycles. The van der Waals surface area contributed by atoms with Crippen LogP contribution in [0.5, 0.6) is 5.75 Å². The topological polar surface area (TPSA) is 31.2 Å². The van der Waals surface area contributed by atoms with Gasteiger partial charge >= 0.3 is 0 Å². The predicted octanol–water partition coefficient (Wildman–Crippen LogP) is 3.98. The molecule has 0 spiro atoms. The Labute approximate surface area is 121 Å². The molecule has 3 rings (SSSR count). The van der Waals surface area contributed by atoms with Gasteiger partial charge < -0.3 is 9.30 Å². The maximum Gasteiger partial charge on any atom is 0.192 e. The van der Waals surface area contributed by atoms with Crippen LogP contribution in [0.3, 0.4) is 0 Å². The summed E-state index contributed by atoms with van der Waals surface area (Å²) < 4.78 is 7.47. The normalized spacial score (nSPS) is 10.8. The van der Waals surface area contributed by atoms with E-state index in [1.807, 2.05) is 59.5 Å². The van der Waals surface area contributed by atoms with Gasteiger partial charge in [0, 0.05) is 17.1 Å². The van der Waals surface area contributed by atoms with Crippen LogP contribution < -0.4 is 4.74 Å². The van der Waals surface area contributed by atoms with E-state index in [9.17, 15) is 4.79 Å². The van der Waals surface area contributed by atoms with Crippen molar-refractivity contribution in [2.45, 2.75) is 13.5 Å². The molecule has 3 nitrogen and oxygen atoms in total. The number of benzene rings is 1. The van der Waals surface area contributed by atoms with E-state index in [1.54, 1.807) is 0 Å². The lowest BCUT2D eigenvalue weighted by Crippen LogP contribution is -2.07. The molecule has 3 aromatic rings. The smallest absolute Gasteiger partial charge is 0.192 e. The Balaban J connectivity index is 1.87. The first-order valence-electron chi connectivity index (χ1n) is 6.56. The Kier molecular flexibility index (Phi) is 3.56. The zero-order valence-electron chi connectivity index (χ0n) is 11.2. The lowest BCUT2D eigenvalue weighted by molar-refractivity contribution is 0.0977. The fourth-order valence-corrected chi connectivity index (χ4v) is 2.90. The van der Waals surface area contributed by atoms with E-state index in [4.69, 9.17) is 4.74 Å². The molecule has 0 unspecified atom stereocenters. The molecule has 2 heterocycles. The van der Waals surface area contributed by atoms with Crippen molar-refractivity contribution in [2.75, 3.05) is 6.61 Å². The molecule has 0 atom stereocenters. The van der Waals surface area contributed by atoms with Crippen LogP contribution in [-0.2, 0) is 6.54 Å². The first kappa shape index (κ1) is 12.9. The molecular formula is C16H15NO2S. The molecule has 0 aliphatic heterocycles. The highest BCUT2D eigenvalue weighted by Gasteiger charge is 2.10. The van der Waals surface area contributed by atoms with Gasteiger partial charge in [-0.2, -0.15) is 0 Å². The van der Waals surface area contributed by atoms with Crippen LogP contribution in [0, 0.1) is 0 Å². The average molecular weight is 285 g/mol. The van der Waals surface area contributed by atoms with E-state index in [-0.39, 0.29) is 5.78 Å². The Hall–Kier alpha value is -2.07. The summed E-state index contributed by atoms with van der Waals surface area (Å²) >= 11 is 1.48. The maximum absolute atomic E-state index is 12.2. The number of carbonyl (C=O) groups is 1. The summed E-state index contributed by atoms with van der Waals surface area (Å²) in [5, 5.41) is 3.02. The second-order valence-corrected chi connectivity index (χ2v) is 5.45. The van der Waals surface area contributed by atoms with Gasteiger partial charge in [-0.05, 0) is 42.6 Å². The van der Waals surface area contributed by atoms with Gasteiger partial charge in [-0.15, -0.1) is 11.3 Å². The lowest BCUT2D eigenvalue weighted by Gasteiger charge is -2.05. The second-order valence-electron chi connectivity index (χ2n) is 4.50. The van der Waals surface area contributed by atoms with E-state index in [1.165, 1.54) is 11.3 Å². The maximum atomic E-state index is 12.2. The van der Waals surface area contributed by atoms with Gasteiger partial charge in [-0.1, -0.05) is 6.07 Å². The summed E-state index contributed by atoms with van der Waals surface area (Å²) in [5.74, 6) is 1.01. The minimum atomic E-state index is 0.145. The Bertz CT molecular complexity index is 728. The summed E-state index contributed by atoms with van der Waals surface area (Å²) in [6.07, 6.45) is 1.95. The van der Waals surface area contributed by atoms with E-state index in [0.717, 1.165) is 21.5 Å². The monoisotopic (exact) mass is 285 g/mol. The van der Waals surface area contributed by atoms with Crippen LogP contribution in [0.15, 0.2) is 48.0 Å². The number of aromatic nitrogens is 1. The standard InChI is InChI=1S/C16H15NO2S/c1-2-19-13-5-6-14-12(10-13)7-8-17(14)11-15(18)16-4-3-9-20-16/h3-10H,2,11H2,1H3. The van der Waals surface area contributed by atoms with Gasteiger partial charge in [0.15, 0.2) is 5.78 Å². The molecule has 0 bridgehead atoms. The summed E-state index contributed by atoms with van der Waals surface area (Å²) in [4.78, 5) is 13.0. The number of rotatable bonds is 5. The molecule has 0 fully saturated rings. The van der Waals surface area contributed by atoms with Crippen molar-refractivity contribution < 1.29 is 9.53 Å². The number of fused-ring (bicyclic) bond motifs is 1. The molecule has 4 heteroatoms. The fourth-order valence-electron chi connectivity index (χ4n) is 2.24. The Morgan fingerprint density at radius 3 is 2.95 bits per heavy atom. The number of hydrogen-bond acceptors (Lipinski definition) is 3. The van der Waals surface area contributed by atoms with Crippen LogP contribution >= 0.6 is 11.3 Å². The fraction of sp³-hybridized carbons (Fsp3) is 0.188. The molecular weight excluding hydrogens is 270 g/mol. The summed E-state index contributed by atoms with van der Waals surface area (Å²) in [5.41, 5.74) is 1.05. The summed E-state index contributed by atoms with van der Waals surface area (Å²) in [6.45, 7) is 3.00. The third kappa shape index (κ3) is 2.47. The van der Waals surface area contributed by atoms with Crippen molar-refractivity contribution in [3.63, 3.8) is 0 Å². The lowest BCUT2D eigenvalue weighted by atomic mass is 10.2. The third-order valence-electron chi connectivity index (χ3n) is 3.16. The van der Waals surface area contributed by atoms with Crippen LogP contribution in [0.4, 0.5) is 0 Å². The van der Waals surface area contributed by atoms with Gasteiger partial charge in [-0.3, -0.25) is 4.79 Å². The van der Waals surface area contributed by atoms with Crippen molar-refractivity contribution in [1.29, 1.82) is 0 Å². The number of ketones is 1. The quantitative estimate of drug-likeness (QED) is 0.664. The number of Topliss-reactive ketones (excluding diaryl/α,β-unsaturated/α-hetero) is 1. The van der Waals surface area contributed by atoms with Gasteiger partial charge in [0.1, 0.15) is 5.75 Å². The minimum absolute atomic E-state index is 0.145. The molecule has 20 heavy (non-hydrogen) atoms. The molecule has 0 saturated carbocycles. The molecule has 2 aromatic heterocycles. The summed E-state index contributed by atoms with van der Waals surface area (Å²) in [6, 6.07) is 11.7. The molecule has 0 aliphatic carbocycles. The molecule has 0 saturated heterocycles. The zero-order valence-corrected chi connectivity index (χ0v) is 12.0. The predicted molar refractivity (Wildman–Crippen MR) is 81.8 cm³/mol. The van der Waals surface area contributed by atoms with Crippen molar-refractivity contribution in [1.82, 2.24) is 4.57 Å². The van der Waals surface area contributed by atoms with E-state index < -0.39 is 0 Å². The second kappa shape index (κ2) is 5.51. The molecule has 0 radical (unpaired) electrons. The van der Waals surface area contributed by atoms with Crippen LogP contribution in [0.25, 0.3) is 10.9 Å². The number of nitrogens with zero attached hydrogens (tertiary/aromatic N) is 1. The van der Waals surface area contributed by atoms with Crippen molar-refractivity contribution in [3.05, 3.63) is 52.9 Å². The highest BCUT2D eigenvalue weighted by molar-refractivity contribution is 7.12. The SMILES string of the molecule is CCOc1ccc2c(ccn2CC(=O)c2cccs2)c1. The zero-order chi connectivity index (χ0) is 13.9. The van der Waals surface area contributed by atoms with Gasteiger partial charge in [0.05, 0.1) is 18.0 Å². The number of ether oxygens (including phenoxy) is 1. The van der Waals surface area contributed by atoms with E-state index in [2.05, 4.69) is 0 Å². The third-order valence-corrected chi connectivity index (χ3v) is 4.07. The van der Waals surface area contributed by atoms with E-state index in [0.29, 0.717) is 13.2 Å².